The molecule has 3 aromatic carbocycles. The van der Waals surface area contributed by atoms with Crippen LogP contribution in [0.15, 0.2) is 72.8 Å². The molecule has 2 N–H and O–H groups in total. The van der Waals surface area contributed by atoms with E-state index in [1.54, 1.807) is 55.6 Å². The second-order valence-corrected chi connectivity index (χ2v) is 6.96. The molecule has 0 fully saturated rings. The van der Waals surface area contributed by atoms with E-state index < -0.39 is 6.03 Å². The van der Waals surface area contributed by atoms with E-state index in [1.807, 2.05) is 19.1 Å². The van der Waals surface area contributed by atoms with Gasteiger partial charge in [0.05, 0.1) is 30.6 Å². The first-order chi connectivity index (χ1) is 15.6. The number of nitrogens with zero attached hydrogens (tertiary/aromatic N) is 1. The number of nitrogens with one attached hydrogen (secondary N) is 2. The molecule has 0 aliphatic carbocycles. The topological polar surface area (TPSA) is 72.5 Å². The molecule has 0 aliphatic rings. The van der Waals surface area contributed by atoms with Crippen molar-refractivity contribution < 1.29 is 18.7 Å². The summed E-state index contributed by atoms with van der Waals surface area (Å²) in [6.07, 6.45) is 0. The number of urea groups is 1. The molecule has 4 aromatic rings. The summed E-state index contributed by atoms with van der Waals surface area (Å²) >= 11 is 0. The smallest absolute Gasteiger partial charge is 0.323 e. The second-order valence-electron chi connectivity index (χ2n) is 6.96. The molecule has 1 aromatic heterocycles. The van der Waals surface area contributed by atoms with Crippen molar-refractivity contribution in [3.8, 4) is 22.8 Å². The number of anilines is 2. The summed E-state index contributed by atoms with van der Waals surface area (Å²) in [6.45, 7) is 2.38. The number of rotatable bonds is 6. The Hall–Kier alpha value is -4.13. The fourth-order valence-electron chi connectivity index (χ4n) is 3.35. The van der Waals surface area contributed by atoms with Crippen LogP contribution in [0, 0.1) is 5.82 Å². The molecule has 4 rings (SSSR count). The first-order valence-corrected chi connectivity index (χ1v) is 10.1. The van der Waals surface area contributed by atoms with E-state index in [4.69, 9.17) is 9.47 Å². The molecular weight excluding hydrogens is 409 g/mol. The van der Waals surface area contributed by atoms with Gasteiger partial charge in [-0.25, -0.2) is 14.2 Å². The Labute approximate surface area is 185 Å². The van der Waals surface area contributed by atoms with Gasteiger partial charge in [-0.1, -0.05) is 12.1 Å². The third kappa shape index (κ3) is 4.62. The summed E-state index contributed by atoms with van der Waals surface area (Å²) in [4.78, 5) is 17.2. The molecule has 0 atom stereocenters. The lowest BCUT2D eigenvalue weighted by atomic mass is 10.1. The third-order valence-corrected chi connectivity index (χ3v) is 4.82. The van der Waals surface area contributed by atoms with Crippen LogP contribution in [0.4, 0.5) is 20.6 Å². The summed E-state index contributed by atoms with van der Waals surface area (Å²) in [6, 6.07) is 20.1. The number of pyridine rings is 1. The Morgan fingerprint density at radius 2 is 1.75 bits per heavy atom. The van der Waals surface area contributed by atoms with E-state index >= 15 is 0 Å². The van der Waals surface area contributed by atoms with E-state index in [0.29, 0.717) is 40.7 Å². The highest BCUT2D eigenvalue weighted by molar-refractivity contribution is 6.02. The van der Waals surface area contributed by atoms with Gasteiger partial charge in [0, 0.05) is 22.7 Å². The van der Waals surface area contributed by atoms with E-state index in [-0.39, 0.29) is 5.82 Å². The summed E-state index contributed by atoms with van der Waals surface area (Å²) in [5, 5.41) is 6.37. The van der Waals surface area contributed by atoms with Gasteiger partial charge in [-0.05, 0) is 61.5 Å². The minimum atomic E-state index is -0.397. The van der Waals surface area contributed by atoms with E-state index in [0.717, 1.165) is 10.9 Å². The maximum atomic E-state index is 13.3. The number of fused-ring (bicyclic) bond motifs is 1. The number of methoxy groups -OCH3 is 1. The van der Waals surface area contributed by atoms with E-state index in [9.17, 15) is 9.18 Å². The number of aromatic nitrogens is 1. The van der Waals surface area contributed by atoms with Crippen molar-refractivity contribution in [3.63, 3.8) is 0 Å². The van der Waals surface area contributed by atoms with Gasteiger partial charge in [0.1, 0.15) is 17.3 Å². The van der Waals surface area contributed by atoms with Gasteiger partial charge in [0.25, 0.3) is 0 Å². The number of amides is 2. The normalized spacial score (nSPS) is 10.6. The number of carbonyl (C=O) groups is 1. The summed E-state index contributed by atoms with van der Waals surface area (Å²) in [7, 11) is 1.57. The second kappa shape index (κ2) is 9.34. The lowest BCUT2D eigenvalue weighted by molar-refractivity contribution is 0.262. The monoisotopic (exact) mass is 431 g/mol. The molecule has 0 spiro atoms. The van der Waals surface area contributed by atoms with E-state index in [2.05, 4.69) is 15.6 Å². The molecule has 162 valence electrons. The number of benzene rings is 3. The van der Waals surface area contributed by atoms with Gasteiger partial charge in [0.15, 0.2) is 0 Å². The van der Waals surface area contributed by atoms with Crippen LogP contribution in [0.5, 0.6) is 11.5 Å². The predicted molar refractivity (Wildman–Crippen MR) is 124 cm³/mol. The molecule has 1 heterocycles. The number of para-hydroxylation sites is 2. The van der Waals surface area contributed by atoms with Crippen molar-refractivity contribution in [2.75, 3.05) is 24.4 Å². The molecule has 0 radical (unpaired) electrons. The first kappa shape index (κ1) is 21.1. The van der Waals surface area contributed by atoms with E-state index in [1.165, 1.54) is 12.1 Å². The maximum Gasteiger partial charge on any atom is 0.323 e. The zero-order valence-electron chi connectivity index (χ0n) is 17.7. The third-order valence-electron chi connectivity index (χ3n) is 4.82. The van der Waals surface area contributed by atoms with Crippen molar-refractivity contribution in [1.29, 1.82) is 0 Å². The first-order valence-electron chi connectivity index (χ1n) is 10.1. The van der Waals surface area contributed by atoms with Crippen LogP contribution in [0.2, 0.25) is 0 Å². The molecule has 0 bridgehead atoms. The van der Waals surface area contributed by atoms with Gasteiger partial charge in [-0.15, -0.1) is 0 Å². The lowest BCUT2D eigenvalue weighted by Crippen LogP contribution is -2.19. The largest absolute Gasteiger partial charge is 0.496 e. The molecule has 2 amide bonds. The number of carbonyl (C=O) groups excluding carboxylic acids is 1. The number of hydrogen-bond acceptors (Lipinski definition) is 4. The Kier molecular flexibility index (Phi) is 6.17. The predicted octanol–water partition coefficient (Wildman–Crippen LogP) is 6.09. The van der Waals surface area contributed by atoms with Crippen LogP contribution in [0.25, 0.3) is 22.2 Å². The van der Waals surface area contributed by atoms with Crippen molar-refractivity contribution in [2.45, 2.75) is 6.92 Å². The molecule has 0 saturated heterocycles. The fourth-order valence-corrected chi connectivity index (χ4v) is 3.35. The summed E-state index contributed by atoms with van der Waals surface area (Å²) in [5.74, 6) is 0.891. The quantitative estimate of drug-likeness (QED) is 0.387. The SMILES string of the molecule is CCOc1ccccc1NC(=O)Nc1ccc2nc(-c3ccc(F)cc3)cc(OC)c2c1. The van der Waals surface area contributed by atoms with Crippen LogP contribution in [-0.4, -0.2) is 24.7 Å². The van der Waals surface area contributed by atoms with Crippen LogP contribution < -0.4 is 20.1 Å². The highest BCUT2D eigenvalue weighted by Gasteiger charge is 2.12. The zero-order valence-corrected chi connectivity index (χ0v) is 17.7. The molecule has 6 nitrogen and oxygen atoms in total. The number of halogens is 1. The van der Waals surface area contributed by atoms with Gasteiger partial charge >= 0.3 is 6.03 Å². The van der Waals surface area contributed by atoms with Crippen LogP contribution in [-0.2, 0) is 0 Å². The molecule has 0 saturated carbocycles. The summed E-state index contributed by atoms with van der Waals surface area (Å²) in [5.41, 5.74) is 3.30. The Bertz CT molecular complexity index is 1260. The highest BCUT2D eigenvalue weighted by Crippen LogP contribution is 2.32. The lowest BCUT2D eigenvalue weighted by Gasteiger charge is -2.13. The maximum absolute atomic E-state index is 13.3. The van der Waals surface area contributed by atoms with Crippen molar-refractivity contribution in [1.82, 2.24) is 4.98 Å². The molecule has 32 heavy (non-hydrogen) atoms. The highest BCUT2D eigenvalue weighted by atomic mass is 19.1. The minimum Gasteiger partial charge on any atom is -0.496 e. The van der Waals surface area contributed by atoms with Gasteiger partial charge < -0.3 is 20.1 Å². The molecule has 0 unspecified atom stereocenters. The fraction of sp³-hybridized carbons (Fsp3) is 0.120. The number of ether oxygens (including phenoxy) is 2. The molecular formula is C25H22FN3O3. The van der Waals surface area contributed by atoms with Gasteiger partial charge in [-0.3, -0.25) is 0 Å². The molecule has 0 aliphatic heterocycles. The van der Waals surface area contributed by atoms with Gasteiger partial charge in [0.2, 0.25) is 0 Å². The molecule has 7 heteroatoms. The Balaban J connectivity index is 1.59. The van der Waals surface area contributed by atoms with Gasteiger partial charge in [-0.2, -0.15) is 0 Å². The van der Waals surface area contributed by atoms with Crippen LogP contribution >= 0.6 is 0 Å². The average Bonchev–Trinajstić information content (AvgIpc) is 2.80. The average molecular weight is 431 g/mol. The minimum absolute atomic E-state index is 0.306. The standard InChI is InChI=1S/C25H22FN3O3/c1-3-32-23-7-5-4-6-21(23)29-25(30)27-18-12-13-20-19(14-18)24(31-2)15-22(28-20)16-8-10-17(26)11-9-16/h4-15H,3H2,1-2H3,(H2,27,29,30). The van der Waals surface area contributed by atoms with Crippen molar-refractivity contribution >= 4 is 28.3 Å². The van der Waals surface area contributed by atoms with Crippen LogP contribution in [0.3, 0.4) is 0 Å². The Morgan fingerprint density at radius 1 is 0.969 bits per heavy atom. The zero-order chi connectivity index (χ0) is 22.5. The number of hydrogen-bond donors (Lipinski definition) is 2. The van der Waals surface area contributed by atoms with Crippen LogP contribution in [0.1, 0.15) is 6.92 Å². The van der Waals surface area contributed by atoms with Crippen molar-refractivity contribution in [2.24, 2.45) is 0 Å². The Morgan fingerprint density at radius 3 is 2.50 bits per heavy atom. The van der Waals surface area contributed by atoms with Crippen molar-refractivity contribution in [3.05, 3.63) is 78.6 Å². The summed E-state index contributed by atoms with van der Waals surface area (Å²) < 4.78 is 24.4.